The van der Waals surface area contributed by atoms with Gasteiger partial charge in [-0.3, -0.25) is 4.98 Å². The van der Waals surface area contributed by atoms with Crippen molar-refractivity contribution in [1.82, 2.24) is 19.7 Å². The first-order chi connectivity index (χ1) is 16.0. The van der Waals surface area contributed by atoms with Gasteiger partial charge in [-0.1, -0.05) is 51.0 Å². The Morgan fingerprint density at radius 3 is 2.45 bits per heavy atom. The van der Waals surface area contributed by atoms with E-state index in [-0.39, 0.29) is 5.56 Å². The molecule has 8 nitrogen and oxygen atoms in total. The maximum atomic E-state index is 11.5. The summed E-state index contributed by atoms with van der Waals surface area (Å²) in [5.74, 6) is -0.556. The van der Waals surface area contributed by atoms with E-state index >= 15 is 0 Å². The van der Waals surface area contributed by atoms with Crippen LogP contribution in [0.3, 0.4) is 0 Å². The first kappa shape index (κ1) is 24.5. The monoisotopic (exact) mass is 452 g/mol. The van der Waals surface area contributed by atoms with Crippen LogP contribution in [0, 0.1) is 0 Å². The Balaban J connectivity index is 1.89. The Bertz CT molecular complexity index is 1050. The second-order valence-electron chi connectivity index (χ2n) is 7.88. The Labute approximate surface area is 194 Å². The molecule has 1 aromatic carbocycles. The normalized spacial score (nSPS) is 11.6. The standard InChI is InChI=1S/C25H32N4O4/c1-5-7-8-13-22-27-24(25(6-2,32-3)33-4)28-29(22)17-18-14-15-21(26-16-18)19-11-9-10-12-20(19)23(30)31/h9-12,14-16H,5-8,13,17H2,1-4H3,(H,30,31). The van der Waals surface area contributed by atoms with Crippen LogP contribution in [-0.2, 0) is 28.2 Å². The van der Waals surface area contributed by atoms with E-state index in [1.54, 1.807) is 38.6 Å². The molecule has 0 bridgehead atoms. The molecule has 33 heavy (non-hydrogen) atoms. The van der Waals surface area contributed by atoms with Gasteiger partial charge in [0.2, 0.25) is 11.6 Å². The Kier molecular flexibility index (Phi) is 8.30. The lowest BCUT2D eigenvalue weighted by molar-refractivity contribution is -0.222. The molecule has 1 N–H and O–H groups in total. The summed E-state index contributed by atoms with van der Waals surface area (Å²) >= 11 is 0. The lowest BCUT2D eigenvalue weighted by Gasteiger charge is -2.26. The van der Waals surface area contributed by atoms with Crippen molar-refractivity contribution in [2.75, 3.05) is 14.2 Å². The molecule has 176 valence electrons. The number of pyridine rings is 1. The third-order valence-corrected chi connectivity index (χ3v) is 5.81. The summed E-state index contributed by atoms with van der Waals surface area (Å²) in [5, 5.41) is 14.2. The molecule has 0 atom stereocenters. The minimum absolute atomic E-state index is 0.229. The number of aromatic carboxylic acids is 1. The number of unbranched alkanes of at least 4 members (excludes halogenated alkanes) is 2. The molecule has 0 aliphatic rings. The van der Waals surface area contributed by atoms with E-state index in [0.29, 0.717) is 30.0 Å². The van der Waals surface area contributed by atoms with Crippen LogP contribution in [-0.4, -0.2) is 45.0 Å². The van der Waals surface area contributed by atoms with Gasteiger partial charge >= 0.3 is 5.97 Å². The number of carbonyl (C=O) groups is 1. The summed E-state index contributed by atoms with van der Waals surface area (Å²) in [6.07, 6.45) is 6.42. The molecule has 8 heteroatoms. The van der Waals surface area contributed by atoms with Crippen LogP contribution in [0.4, 0.5) is 0 Å². The predicted molar refractivity (Wildman–Crippen MR) is 125 cm³/mol. The van der Waals surface area contributed by atoms with E-state index in [0.717, 1.165) is 37.1 Å². The smallest absolute Gasteiger partial charge is 0.336 e. The van der Waals surface area contributed by atoms with Crippen molar-refractivity contribution in [3.05, 3.63) is 65.4 Å². The zero-order chi connectivity index (χ0) is 23.8. The SMILES string of the molecule is CCCCCc1nc(C(CC)(OC)OC)nn1Cc1ccc(-c2ccccc2C(=O)O)nc1. The molecule has 0 saturated heterocycles. The number of hydrogen-bond acceptors (Lipinski definition) is 6. The number of nitrogens with zero attached hydrogens (tertiary/aromatic N) is 4. The van der Waals surface area contributed by atoms with Gasteiger partial charge in [0.05, 0.1) is 17.8 Å². The fourth-order valence-corrected chi connectivity index (χ4v) is 3.84. The zero-order valence-electron chi connectivity index (χ0n) is 19.7. The van der Waals surface area contributed by atoms with Crippen molar-refractivity contribution in [3.63, 3.8) is 0 Å². The van der Waals surface area contributed by atoms with Crippen LogP contribution in [0.2, 0.25) is 0 Å². The molecule has 0 aliphatic carbocycles. The van der Waals surface area contributed by atoms with Gasteiger partial charge in [0, 0.05) is 38.8 Å². The summed E-state index contributed by atoms with van der Waals surface area (Å²) in [5.41, 5.74) is 2.37. The molecule has 0 saturated carbocycles. The second-order valence-corrected chi connectivity index (χ2v) is 7.88. The van der Waals surface area contributed by atoms with E-state index < -0.39 is 11.8 Å². The van der Waals surface area contributed by atoms with Gasteiger partial charge in [0.25, 0.3) is 0 Å². The topological polar surface area (TPSA) is 99.4 Å². The fourth-order valence-electron chi connectivity index (χ4n) is 3.84. The summed E-state index contributed by atoms with van der Waals surface area (Å²) in [6.45, 7) is 4.64. The Morgan fingerprint density at radius 2 is 1.85 bits per heavy atom. The van der Waals surface area contributed by atoms with Crippen molar-refractivity contribution >= 4 is 5.97 Å². The van der Waals surface area contributed by atoms with Crippen molar-refractivity contribution in [3.8, 4) is 11.3 Å². The minimum Gasteiger partial charge on any atom is -0.478 e. The minimum atomic E-state index is -0.979. The van der Waals surface area contributed by atoms with Crippen LogP contribution >= 0.6 is 0 Å². The highest BCUT2D eigenvalue weighted by Gasteiger charge is 2.35. The molecule has 0 fully saturated rings. The Morgan fingerprint density at radius 1 is 1.09 bits per heavy atom. The predicted octanol–water partition coefficient (Wildman–Crippen LogP) is 4.67. The molecule has 2 aromatic heterocycles. The van der Waals surface area contributed by atoms with Gasteiger partial charge in [-0.15, -0.1) is 5.10 Å². The van der Waals surface area contributed by atoms with Gasteiger partial charge in [0.15, 0.2) is 0 Å². The van der Waals surface area contributed by atoms with E-state index in [9.17, 15) is 9.90 Å². The molecule has 0 amide bonds. The van der Waals surface area contributed by atoms with Gasteiger partial charge in [-0.25, -0.2) is 14.5 Å². The maximum absolute atomic E-state index is 11.5. The molecule has 3 rings (SSSR count). The number of benzene rings is 1. The molecule has 0 unspecified atom stereocenters. The second kappa shape index (κ2) is 11.2. The van der Waals surface area contributed by atoms with Crippen LogP contribution in [0.1, 0.15) is 67.1 Å². The van der Waals surface area contributed by atoms with E-state index in [1.165, 1.54) is 0 Å². The van der Waals surface area contributed by atoms with Crippen LogP contribution in [0.25, 0.3) is 11.3 Å². The number of methoxy groups -OCH3 is 2. The largest absolute Gasteiger partial charge is 0.478 e. The van der Waals surface area contributed by atoms with Crippen molar-refractivity contribution in [2.45, 2.75) is 58.3 Å². The number of ether oxygens (including phenoxy) is 2. The lowest BCUT2D eigenvalue weighted by Crippen LogP contribution is -2.31. The molecule has 2 heterocycles. The third kappa shape index (κ3) is 5.46. The third-order valence-electron chi connectivity index (χ3n) is 5.81. The highest BCUT2D eigenvalue weighted by Crippen LogP contribution is 2.28. The first-order valence-electron chi connectivity index (χ1n) is 11.3. The number of hydrogen-bond donors (Lipinski definition) is 1. The Hall–Kier alpha value is -3.10. The van der Waals surface area contributed by atoms with Crippen molar-refractivity contribution in [1.29, 1.82) is 0 Å². The average molecular weight is 453 g/mol. The molecular formula is C25H32N4O4. The van der Waals surface area contributed by atoms with Gasteiger partial charge in [-0.05, 0) is 24.1 Å². The van der Waals surface area contributed by atoms with E-state index in [4.69, 9.17) is 19.6 Å². The molecule has 3 aromatic rings. The van der Waals surface area contributed by atoms with Crippen LogP contribution in [0.5, 0.6) is 0 Å². The van der Waals surface area contributed by atoms with Gasteiger partial charge < -0.3 is 14.6 Å². The lowest BCUT2D eigenvalue weighted by atomic mass is 10.0. The summed E-state index contributed by atoms with van der Waals surface area (Å²) in [6, 6.07) is 10.6. The summed E-state index contributed by atoms with van der Waals surface area (Å²) in [7, 11) is 3.20. The number of carboxylic acids is 1. The highest BCUT2D eigenvalue weighted by molar-refractivity contribution is 5.95. The van der Waals surface area contributed by atoms with Crippen LogP contribution in [0.15, 0.2) is 42.6 Å². The number of aryl methyl sites for hydroxylation is 1. The van der Waals surface area contributed by atoms with Gasteiger partial charge in [0.1, 0.15) is 5.82 Å². The van der Waals surface area contributed by atoms with Crippen LogP contribution < -0.4 is 0 Å². The van der Waals surface area contributed by atoms with Gasteiger partial charge in [-0.2, -0.15) is 0 Å². The van der Waals surface area contributed by atoms with E-state index in [2.05, 4.69) is 11.9 Å². The quantitative estimate of drug-likeness (QED) is 0.315. The first-order valence-corrected chi connectivity index (χ1v) is 11.3. The molecule has 0 aliphatic heterocycles. The number of aromatic nitrogens is 4. The fraction of sp³-hybridized carbons (Fsp3) is 0.440. The summed E-state index contributed by atoms with van der Waals surface area (Å²) in [4.78, 5) is 20.8. The van der Waals surface area contributed by atoms with Crippen molar-refractivity contribution < 1.29 is 19.4 Å². The number of carboxylic acid groups (broad SMARTS) is 1. The molecular weight excluding hydrogens is 420 g/mol. The molecule has 0 spiro atoms. The molecule has 0 radical (unpaired) electrons. The summed E-state index contributed by atoms with van der Waals surface area (Å²) < 4.78 is 13.2. The highest BCUT2D eigenvalue weighted by atomic mass is 16.7. The zero-order valence-corrected chi connectivity index (χ0v) is 19.7. The van der Waals surface area contributed by atoms with Crippen molar-refractivity contribution in [2.24, 2.45) is 0 Å². The van der Waals surface area contributed by atoms with E-state index in [1.807, 2.05) is 29.8 Å². The number of rotatable bonds is 12. The maximum Gasteiger partial charge on any atom is 0.336 e. The average Bonchev–Trinajstić information content (AvgIpc) is 3.24.